The predicted molar refractivity (Wildman–Crippen MR) is 81.9 cm³/mol. The van der Waals surface area contributed by atoms with Crippen molar-refractivity contribution in [3.63, 3.8) is 0 Å². The second-order valence-corrected chi connectivity index (χ2v) is 5.33. The zero-order valence-electron chi connectivity index (χ0n) is 12.3. The number of ketones is 1. The summed E-state index contributed by atoms with van der Waals surface area (Å²) in [6, 6.07) is 12.0. The molecule has 1 heterocycles. The smallest absolute Gasteiger partial charge is 0.172 e. The first-order valence-corrected chi connectivity index (χ1v) is 7.15. The van der Waals surface area contributed by atoms with Crippen LogP contribution in [-0.2, 0) is 0 Å². The van der Waals surface area contributed by atoms with Crippen LogP contribution in [0.5, 0.6) is 0 Å². The molecule has 0 aliphatic heterocycles. The number of hydrogen-bond acceptors (Lipinski definition) is 2. The highest BCUT2D eigenvalue weighted by atomic mass is 16.1. The molecular formula is C18H21NO. The Labute approximate surface area is 120 Å². The van der Waals surface area contributed by atoms with Crippen LogP contribution in [0.25, 0.3) is 0 Å². The van der Waals surface area contributed by atoms with Gasteiger partial charge in [-0.25, -0.2) is 0 Å². The van der Waals surface area contributed by atoms with Gasteiger partial charge in [0.15, 0.2) is 5.78 Å². The summed E-state index contributed by atoms with van der Waals surface area (Å²) < 4.78 is 0. The Morgan fingerprint density at radius 2 is 1.90 bits per heavy atom. The highest BCUT2D eigenvalue weighted by molar-refractivity contribution is 6.02. The van der Waals surface area contributed by atoms with Crippen LogP contribution in [0.3, 0.4) is 0 Å². The number of aryl methyl sites for hydroxylation is 1. The molecule has 0 spiro atoms. The van der Waals surface area contributed by atoms with E-state index < -0.39 is 0 Å². The Hall–Kier alpha value is -1.96. The Morgan fingerprint density at radius 3 is 2.50 bits per heavy atom. The molecule has 0 N–H and O–H groups in total. The van der Waals surface area contributed by atoms with Crippen LogP contribution in [0, 0.1) is 12.8 Å². The maximum Gasteiger partial charge on any atom is 0.172 e. The Balaban J connectivity index is 2.43. The Morgan fingerprint density at radius 1 is 1.20 bits per heavy atom. The van der Waals surface area contributed by atoms with Crippen LogP contribution >= 0.6 is 0 Å². The number of nitrogens with zero attached hydrogens (tertiary/aromatic N) is 1. The van der Waals surface area contributed by atoms with Gasteiger partial charge in [0.2, 0.25) is 0 Å². The minimum Gasteiger partial charge on any atom is -0.293 e. The number of rotatable bonds is 5. The second kappa shape index (κ2) is 6.47. The predicted octanol–water partition coefficient (Wildman–Crippen LogP) is 4.40. The van der Waals surface area contributed by atoms with Gasteiger partial charge in [-0.1, -0.05) is 50.6 Å². The van der Waals surface area contributed by atoms with Crippen LogP contribution < -0.4 is 0 Å². The summed E-state index contributed by atoms with van der Waals surface area (Å²) in [5.74, 6) is 0.393. The molecule has 2 rings (SSSR count). The van der Waals surface area contributed by atoms with Gasteiger partial charge >= 0.3 is 0 Å². The number of Topliss-reactive ketones (excluding diaryl/α,β-unsaturated/α-hetero) is 1. The first-order valence-electron chi connectivity index (χ1n) is 7.15. The fourth-order valence-electron chi connectivity index (χ4n) is 2.52. The van der Waals surface area contributed by atoms with Gasteiger partial charge in [-0.15, -0.1) is 0 Å². The van der Waals surface area contributed by atoms with E-state index in [0.29, 0.717) is 5.92 Å². The Bertz CT molecular complexity index is 577. The third-order valence-corrected chi connectivity index (χ3v) is 3.96. The molecule has 0 fully saturated rings. The summed E-state index contributed by atoms with van der Waals surface area (Å²) >= 11 is 0. The molecule has 0 radical (unpaired) electrons. The first-order chi connectivity index (χ1) is 9.65. The molecule has 1 aromatic carbocycles. The van der Waals surface area contributed by atoms with Crippen LogP contribution in [0.4, 0.5) is 0 Å². The molecule has 0 amide bonds. The maximum absolute atomic E-state index is 12.9. The van der Waals surface area contributed by atoms with Gasteiger partial charge in [0, 0.05) is 23.9 Å². The van der Waals surface area contributed by atoms with E-state index in [0.717, 1.165) is 23.1 Å². The molecule has 0 saturated carbocycles. The van der Waals surface area contributed by atoms with Crippen LogP contribution in [0.15, 0.2) is 48.8 Å². The van der Waals surface area contributed by atoms with E-state index in [4.69, 9.17) is 0 Å². The first kappa shape index (κ1) is 14.4. The average molecular weight is 267 g/mol. The lowest BCUT2D eigenvalue weighted by Gasteiger charge is -2.23. The summed E-state index contributed by atoms with van der Waals surface area (Å²) in [6.07, 6.45) is 4.40. The monoisotopic (exact) mass is 267 g/mol. The van der Waals surface area contributed by atoms with Crippen molar-refractivity contribution in [2.45, 2.75) is 33.1 Å². The van der Waals surface area contributed by atoms with Gasteiger partial charge < -0.3 is 0 Å². The summed E-state index contributed by atoms with van der Waals surface area (Å²) in [4.78, 5) is 17.0. The molecule has 2 aromatic rings. The molecule has 2 nitrogen and oxygen atoms in total. The molecular weight excluding hydrogens is 246 g/mol. The number of hydrogen-bond donors (Lipinski definition) is 0. The van der Waals surface area contributed by atoms with Crippen molar-refractivity contribution in [3.8, 4) is 0 Å². The maximum atomic E-state index is 12.9. The second-order valence-electron chi connectivity index (χ2n) is 5.33. The lowest BCUT2D eigenvalue weighted by Crippen LogP contribution is -2.21. The molecule has 1 aromatic heterocycles. The number of benzene rings is 1. The van der Waals surface area contributed by atoms with Gasteiger partial charge in [-0.2, -0.15) is 0 Å². The van der Waals surface area contributed by atoms with Gasteiger partial charge in [0.25, 0.3) is 0 Å². The van der Waals surface area contributed by atoms with E-state index in [2.05, 4.69) is 18.8 Å². The largest absolute Gasteiger partial charge is 0.293 e. The topological polar surface area (TPSA) is 30.0 Å². The van der Waals surface area contributed by atoms with E-state index >= 15 is 0 Å². The average Bonchev–Trinajstić information content (AvgIpc) is 2.48. The van der Waals surface area contributed by atoms with E-state index in [9.17, 15) is 4.79 Å². The van der Waals surface area contributed by atoms with Crippen molar-refractivity contribution in [2.24, 2.45) is 5.92 Å². The highest BCUT2D eigenvalue weighted by Crippen LogP contribution is 2.31. The lowest BCUT2D eigenvalue weighted by molar-refractivity contribution is 0.0931. The number of aromatic nitrogens is 1. The standard InChI is InChI=1S/C18H21NO/c1-4-13(2)17(15-8-6-5-7-9-15)18(20)16-12-19-11-10-14(16)3/h5-13,17H,4H2,1-3H3. The quantitative estimate of drug-likeness (QED) is 0.751. The zero-order chi connectivity index (χ0) is 14.5. The number of pyridine rings is 1. The number of carbonyl (C=O) groups is 1. The number of carbonyl (C=O) groups excluding carboxylic acids is 1. The van der Waals surface area contributed by atoms with Crippen molar-refractivity contribution in [3.05, 3.63) is 65.5 Å². The fraction of sp³-hybridized carbons (Fsp3) is 0.333. The van der Waals surface area contributed by atoms with Gasteiger partial charge in [0.05, 0.1) is 0 Å². The van der Waals surface area contributed by atoms with Crippen LogP contribution in [-0.4, -0.2) is 10.8 Å². The van der Waals surface area contributed by atoms with Gasteiger partial charge in [-0.05, 0) is 30.0 Å². The van der Waals surface area contributed by atoms with E-state index in [1.54, 1.807) is 12.4 Å². The molecule has 104 valence electrons. The van der Waals surface area contributed by atoms with Crippen molar-refractivity contribution in [1.82, 2.24) is 4.98 Å². The molecule has 0 saturated heterocycles. The molecule has 2 unspecified atom stereocenters. The Kier molecular flexibility index (Phi) is 4.67. The van der Waals surface area contributed by atoms with Crippen LogP contribution in [0.2, 0.25) is 0 Å². The van der Waals surface area contributed by atoms with E-state index in [1.165, 1.54) is 0 Å². The third-order valence-electron chi connectivity index (χ3n) is 3.96. The molecule has 0 bridgehead atoms. The highest BCUT2D eigenvalue weighted by Gasteiger charge is 2.27. The minimum absolute atomic E-state index is 0.0934. The third kappa shape index (κ3) is 2.96. The SMILES string of the molecule is CCC(C)C(C(=O)c1cnccc1C)c1ccccc1. The van der Waals surface area contributed by atoms with Crippen molar-refractivity contribution >= 4 is 5.78 Å². The summed E-state index contributed by atoms with van der Waals surface area (Å²) in [7, 11) is 0. The lowest BCUT2D eigenvalue weighted by atomic mass is 9.80. The molecule has 2 heteroatoms. The summed E-state index contributed by atoms with van der Waals surface area (Å²) in [5.41, 5.74) is 2.82. The van der Waals surface area contributed by atoms with Crippen molar-refractivity contribution in [2.75, 3.05) is 0 Å². The van der Waals surface area contributed by atoms with Crippen molar-refractivity contribution < 1.29 is 4.79 Å². The van der Waals surface area contributed by atoms with Gasteiger partial charge in [-0.3, -0.25) is 9.78 Å². The van der Waals surface area contributed by atoms with Crippen LogP contribution in [0.1, 0.15) is 47.7 Å². The molecule has 20 heavy (non-hydrogen) atoms. The van der Waals surface area contributed by atoms with E-state index in [1.807, 2.05) is 43.3 Å². The van der Waals surface area contributed by atoms with Gasteiger partial charge in [0.1, 0.15) is 0 Å². The minimum atomic E-state index is -0.0934. The van der Waals surface area contributed by atoms with Crippen molar-refractivity contribution in [1.29, 1.82) is 0 Å². The molecule has 0 aliphatic carbocycles. The molecule has 0 aliphatic rings. The molecule has 2 atom stereocenters. The normalized spacial score (nSPS) is 13.8. The summed E-state index contributed by atoms with van der Waals surface area (Å²) in [6.45, 7) is 6.23. The zero-order valence-corrected chi connectivity index (χ0v) is 12.3. The summed E-state index contributed by atoms with van der Waals surface area (Å²) in [5, 5.41) is 0. The van der Waals surface area contributed by atoms with E-state index in [-0.39, 0.29) is 11.7 Å². The fourth-order valence-corrected chi connectivity index (χ4v) is 2.52.